The zero-order valence-electron chi connectivity index (χ0n) is 10.8. The van der Waals surface area contributed by atoms with Gasteiger partial charge < -0.3 is 10.4 Å². The summed E-state index contributed by atoms with van der Waals surface area (Å²) in [5, 5.41) is 13.2. The Bertz CT molecular complexity index is 707. The SMILES string of the molecule is O=C(O)Nc1cccc(Nc2cc(Cl)ncc2C(F)(F)F)c1. The summed E-state index contributed by atoms with van der Waals surface area (Å²) in [5.74, 6) is 0. The van der Waals surface area contributed by atoms with Crippen molar-refractivity contribution in [1.82, 2.24) is 4.98 Å². The molecule has 1 aromatic heterocycles. The Balaban J connectivity index is 2.34. The summed E-state index contributed by atoms with van der Waals surface area (Å²) >= 11 is 5.62. The summed E-state index contributed by atoms with van der Waals surface area (Å²) in [7, 11) is 0. The van der Waals surface area contributed by atoms with Crippen molar-refractivity contribution < 1.29 is 23.1 Å². The Morgan fingerprint density at radius 3 is 2.55 bits per heavy atom. The smallest absolute Gasteiger partial charge is 0.419 e. The summed E-state index contributed by atoms with van der Waals surface area (Å²) in [4.78, 5) is 14.0. The van der Waals surface area contributed by atoms with Crippen LogP contribution in [0.3, 0.4) is 0 Å². The van der Waals surface area contributed by atoms with Crippen LogP contribution in [0.15, 0.2) is 36.5 Å². The molecule has 116 valence electrons. The minimum Gasteiger partial charge on any atom is -0.465 e. The molecule has 0 radical (unpaired) electrons. The van der Waals surface area contributed by atoms with Crippen LogP contribution in [0.25, 0.3) is 0 Å². The van der Waals surface area contributed by atoms with E-state index in [9.17, 15) is 18.0 Å². The highest BCUT2D eigenvalue weighted by Gasteiger charge is 2.34. The number of anilines is 3. The fourth-order valence-corrected chi connectivity index (χ4v) is 1.87. The first kappa shape index (κ1) is 15.9. The summed E-state index contributed by atoms with van der Waals surface area (Å²) in [5.41, 5.74) is -0.779. The molecule has 1 aromatic carbocycles. The number of hydrogen-bond donors (Lipinski definition) is 3. The standard InChI is InChI=1S/C13H9ClF3N3O2/c14-11-5-10(9(6-18-11)13(15,16)17)19-7-2-1-3-8(4-7)20-12(21)22/h1-6,20H,(H,18,19)(H,21,22). The van der Waals surface area contributed by atoms with Gasteiger partial charge in [0.1, 0.15) is 5.15 Å². The maximum atomic E-state index is 12.9. The number of amides is 1. The van der Waals surface area contributed by atoms with Gasteiger partial charge in [0.05, 0.1) is 11.3 Å². The molecule has 0 bridgehead atoms. The molecule has 0 fully saturated rings. The minimum absolute atomic E-state index is 0.102. The van der Waals surface area contributed by atoms with E-state index in [4.69, 9.17) is 16.7 Å². The molecular formula is C13H9ClF3N3O2. The average Bonchev–Trinajstić information content (AvgIpc) is 2.36. The number of aromatic nitrogens is 1. The minimum atomic E-state index is -4.60. The lowest BCUT2D eigenvalue weighted by Crippen LogP contribution is -2.10. The molecule has 1 amide bonds. The van der Waals surface area contributed by atoms with E-state index in [1.54, 1.807) is 0 Å². The van der Waals surface area contributed by atoms with E-state index < -0.39 is 17.8 Å². The van der Waals surface area contributed by atoms with Crippen molar-refractivity contribution >= 4 is 34.8 Å². The van der Waals surface area contributed by atoms with Crippen molar-refractivity contribution in [3.8, 4) is 0 Å². The van der Waals surface area contributed by atoms with Crippen molar-refractivity contribution in [2.24, 2.45) is 0 Å². The lowest BCUT2D eigenvalue weighted by atomic mass is 10.2. The largest absolute Gasteiger partial charge is 0.465 e. The maximum absolute atomic E-state index is 12.9. The molecule has 0 aliphatic carbocycles. The fourth-order valence-electron chi connectivity index (χ4n) is 1.71. The number of carbonyl (C=O) groups is 1. The Hall–Kier alpha value is -2.48. The van der Waals surface area contributed by atoms with Gasteiger partial charge in [-0.25, -0.2) is 9.78 Å². The van der Waals surface area contributed by atoms with E-state index in [1.807, 2.05) is 0 Å². The van der Waals surface area contributed by atoms with E-state index >= 15 is 0 Å². The predicted octanol–water partition coefficient (Wildman–Crippen LogP) is 4.59. The summed E-state index contributed by atoms with van der Waals surface area (Å²) < 4.78 is 38.8. The number of benzene rings is 1. The lowest BCUT2D eigenvalue weighted by molar-refractivity contribution is -0.137. The first-order valence-corrected chi connectivity index (χ1v) is 6.23. The van der Waals surface area contributed by atoms with Crippen LogP contribution >= 0.6 is 11.6 Å². The van der Waals surface area contributed by atoms with E-state index in [0.717, 1.165) is 6.07 Å². The predicted molar refractivity (Wildman–Crippen MR) is 75.6 cm³/mol. The second kappa shape index (κ2) is 6.10. The Labute approximate surface area is 127 Å². The normalized spacial score (nSPS) is 11.1. The topological polar surface area (TPSA) is 74.2 Å². The van der Waals surface area contributed by atoms with Crippen LogP contribution in [0, 0.1) is 0 Å². The van der Waals surface area contributed by atoms with Gasteiger partial charge in [0.2, 0.25) is 0 Å². The molecule has 0 aliphatic rings. The second-order valence-corrected chi connectivity index (χ2v) is 4.57. The van der Waals surface area contributed by atoms with Crippen LogP contribution in [0.5, 0.6) is 0 Å². The molecule has 0 spiro atoms. The molecule has 3 N–H and O–H groups in total. The number of pyridine rings is 1. The molecule has 22 heavy (non-hydrogen) atoms. The lowest BCUT2D eigenvalue weighted by Gasteiger charge is -2.15. The maximum Gasteiger partial charge on any atom is 0.419 e. The number of nitrogens with one attached hydrogen (secondary N) is 2. The molecule has 0 aliphatic heterocycles. The third-order valence-corrected chi connectivity index (χ3v) is 2.78. The molecular weight excluding hydrogens is 323 g/mol. The molecule has 2 rings (SSSR count). The molecule has 0 unspecified atom stereocenters. The fraction of sp³-hybridized carbons (Fsp3) is 0.0769. The number of halogens is 4. The highest BCUT2D eigenvalue weighted by atomic mass is 35.5. The van der Waals surface area contributed by atoms with E-state index in [1.165, 1.54) is 24.3 Å². The molecule has 5 nitrogen and oxygen atoms in total. The second-order valence-electron chi connectivity index (χ2n) is 4.19. The first-order chi connectivity index (χ1) is 10.3. The third kappa shape index (κ3) is 4.01. The highest BCUT2D eigenvalue weighted by Crippen LogP contribution is 2.36. The Morgan fingerprint density at radius 2 is 1.91 bits per heavy atom. The first-order valence-electron chi connectivity index (χ1n) is 5.85. The van der Waals surface area contributed by atoms with Crippen LogP contribution in [-0.2, 0) is 6.18 Å². The number of hydrogen-bond acceptors (Lipinski definition) is 3. The van der Waals surface area contributed by atoms with Gasteiger partial charge in [0.15, 0.2) is 0 Å². The quantitative estimate of drug-likeness (QED) is 0.719. The van der Waals surface area contributed by atoms with Gasteiger partial charge in [0.25, 0.3) is 0 Å². The Morgan fingerprint density at radius 1 is 1.23 bits per heavy atom. The van der Waals surface area contributed by atoms with Gasteiger partial charge in [0, 0.05) is 17.6 Å². The van der Waals surface area contributed by atoms with Crippen molar-refractivity contribution in [3.05, 3.63) is 47.2 Å². The molecule has 0 saturated heterocycles. The monoisotopic (exact) mass is 331 g/mol. The summed E-state index contributed by atoms with van der Waals surface area (Å²) in [6, 6.07) is 6.83. The van der Waals surface area contributed by atoms with E-state index in [2.05, 4.69) is 15.6 Å². The number of nitrogens with zero attached hydrogens (tertiary/aromatic N) is 1. The summed E-state index contributed by atoms with van der Waals surface area (Å²) in [6.45, 7) is 0. The average molecular weight is 332 g/mol. The van der Waals surface area contributed by atoms with E-state index in [-0.39, 0.29) is 22.2 Å². The van der Waals surface area contributed by atoms with Crippen molar-refractivity contribution in [3.63, 3.8) is 0 Å². The van der Waals surface area contributed by atoms with Gasteiger partial charge in [-0.15, -0.1) is 0 Å². The van der Waals surface area contributed by atoms with Crippen molar-refractivity contribution in [1.29, 1.82) is 0 Å². The van der Waals surface area contributed by atoms with Gasteiger partial charge >= 0.3 is 12.3 Å². The molecule has 0 saturated carbocycles. The number of alkyl halides is 3. The number of rotatable bonds is 3. The van der Waals surface area contributed by atoms with Gasteiger partial charge in [-0.3, -0.25) is 5.32 Å². The van der Waals surface area contributed by atoms with Crippen LogP contribution in [0.1, 0.15) is 5.56 Å². The molecule has 9 heteroatoms. The molecule has 2 aromatic rings. The van der Waals surface area contributed by atoms with Crippen LogP contribution in [0.2, 0.25) is 5.15 Å². The van der Waals surface area contributed by atoms with Crippen LogP contribution < -0.4 is 10.6 Å². The van der Waals surface area contributed by atoms with Crippen molar-refractivity contribution in [2.45, 2.75) is 6.18 Å². The zero-order chi connectivity index (χ0) is 16.3. The van der Waals surface area contributed by atoms with E-state index in [0.29, 0.717) is 6.20 Å². The van der Waals surface area contributed by atoms with Gasteiger partial charge in [-0.2, -0.15) is 13.2 Å². The molecule has 1 heterocycles. The van der Waals surface area contributed by atoms with Crippen LogP contribution in [-0.4, -0.2) is 16.2 Å². The van der Waals surface area contributed by atoms with Gasteiger partial charge in [-0.1, -0.05) is 17.7 Å². The molecule has 0 atom stereocenters. The Kier molecular flexibility index (Phi) is 4.41. The third-order valence-electron chi connectivity index (χ3n) is 2.57. The van der Waals surface area contributed by atoms with Crippen LogP contribution in [0.4, 0.5) is 35.0 Å². The number of carboxylic acid groups (broad SMARTS) is 1. The highest BCUT2D eigenvalue weighted by molar-refractivity contribution is 6.29. The van der Waals surface area contributed by atoms with Crippen molar-refractivity contribution in [2.75, 3.05) is 10.6 Å². The van der Waals surface area contributed by atoms with Gasteiger partial charge in [-0.05, 0) is 24.3 Å². The zero-order valence-corrected chi connectivity index (χ0v) is 11.5. The summed E-state index contributed by atoms with van der Waals surface area (Å²) in [6.07, 6.45) is -5.25.